The number of carbonyl (C=O) groups excluding carboxylic acids is 2. The number of halogens is 6. The molecule has 0 aliphatic rings. The van der Waals surface area contributed by atoms with Crippen LogP contribution >= 0.6 is 0 Å². The van der Waals surface area contributed by atoms with Gasteiger partial charge in [-0.1, -0.05) is 24.3 Å². The molecule has 184 valence electrons. The molecular formula is C23H16F6N2O4. The highest BCUT2D eigenvalue weighted by atomic mass is 19.4. The van der Waals surface area contributed by atoms with Gasteiger partial charge in [-0.3, -0.25) is 9.59 Å². The molecule has 5 N–H and O–H groups in total. The summed E-state index contributed by atoms with van der Waals surface area (Å²) in [5.74, 6) is -2.48. The number of benzene rings is 3. The minimum Gasteiger partial charge on any atom is -0.506 e. The first kappa shape index (κ1) is 25.4. The zero-order valence-corrected chi connectivity index (χ0v) is 17.4. The number of hydrogen-bond acceptors (Lipinski definition) is 5. The van der Waals surface area contributed by atoms with Crippen LogP contribution in [0.2, 0.25) is 0 Å². The summed E-state index contributed by atoms with van der Waals surface area (Å²) >= 11 is 0. The van der Waals surface area contributed by atoms with E-state index in [9.17, 15) is 46.1 Å². The Morgan fingerprint density at radius 2 is 1.31 bits per heavy atom. The SMILES string of the molecule is Nc1cc(C(c2ccc(O)c(NC(=O)c3ccc(C=O)cc3)c2)(C(F)(F)F)C(F)(F)F)ccc1O. The molecule has 0 aromatic heterocycles. The molecular weight excluding hydrogens is 482 g/mol. The van der Waals surface area contributed by atoms with Crippen LogP contribution in [0.3, 0.4) is 0 Å². The summed E-state index contributed by atoms with van der Waals surface area (Å²) in [6.45, 7) is 0. The van der Waals surface area contributed by atoms with Crippen LogP contribution in [0, 0.1) is 0 Å². The first-order valence-corrected chi connectivity index (χ1v) is 9.65. The number of nitrogens with two attached hydrogens (primary N) is 1. The molecule has 0 spiro atoms. The smallest absolute Gasteiger partial charge is 0.411 e. The first-order valence-electron chi connectivity index (χ1n) is 9.65. The normalized spacial score (nSPS) is 12.3. The van der Waals surface area contributed by atoms with Crippen molar-refractivity contribution in [3.63, 3.8) is 0 Å². The van der Waals surface area contributed by atoms with Gasteiger partial charge in [0, 0.05) is 11.1 Å². The summed E-state index contributed by atoms with van der Waals surface area (Å²) in [6, 6.07) is 7.70. The highest BCUT2D eigenvalue weighted by Gasteiger charge is 2.72. The Hall–Kier alpha value is -4.22. The highest BCUT2D eigenvalue weighted by Crippen LogP contribution is 2.57. The van der Waals surface area contributed by atoms with E-state index in [4.69, 9.17) is 5.73 Å². The zero-order valence-electron chi connectivity index (χ0n) is 17.4. The first-order chi connectivity index (χ1) is 16.2. The van der Waals surface area contributed by atoms with Crippen LogP contribution in [0.5, 0.6) is 11.5 Å². The van der Waals surface area contributed by atoms with Crippen LogP contribution in [0.15, 0.2) is 60.7 Å². The number of phenolic OH excluding ortho intramolecular Hbond substituents is 2. The molecule has 0 saturated carbocycles. The molecule has 35 heavy (non-hydrogen) atoms. The summed E-state index contributed by atoms with van der Waals surface area (Å²) in [5, 5.41) is 21.7. The third kappa shape index (κ3) is 4.46. The number of carbonyl (C=O) groups is 2. The molecule has 0 radical (unpaired) electrons. The van der Waals surface area contributed by atoms with Gasteiger partial charge in [0.05, 0.1) is 11.4 Å². The topological polar surface area (TPSA) is 113 Å². The van der Waals surface area contributed by atoms with Gasteiger partial charge < -0.3 is 21.3 Å². The molecule has 12 heteroatoms. The third-order valence-corrected chi connectivity index (χ3v) is 5.30. The molecule has 0 unspecified atom stereocenters. The van der Waals surface area contributed by atoms with E-state index < -0.39 is 57.7 Å². The Bertz CT molecular complexity index is 1260. The maximum absolute atomic E-state index is 14.3. The molecule has 3 aromatic rings. The van der Waals surface area contributed by atoms with Gasteiger partial charge in [-0.05, 0) is 47.5 Å². The number of aldehydes is 1. The number of hydrogen-bond donors (Lipinski definition) is 4. The predicted molar refractivity (Wildman–Crippen MR) is 113 cm³/mol. The summed E-state index contributed by atoms with van der Waals surface area (Å²) in [7, 11) is 0. The van der Waals surface area contributed by atoms with Gasteiger partial charge in [0.1, 0.15) is 17.8 Å². The quantitative estimate of drug-likeness (QED) is 0.168. The summed E-state index contributed by atoms with van der Waals surface area (Å²) in [6.07, 6.45) is -11.4. The average molecular weight is 498 g/mol. The van der Waals surface area contributed by atoms with Crippen molar-refractivity contribution in [2.75, 3.05) is 11.1 Å². The molecule has 0 bridgehead atoms. The van der Waals surface area contributed by atoms with Crippen molar-refractivity contribution in [1.29, 1.82) is 0 Å². The number of phenols is 2. The fraction of sp³-hybridized carbons (Fsp3) is 0.130. The fourth-order valence-electron chi connectivity index (χ4n) is 3.55. The molecule has 3 aromatic carbocycles. The largest absolute Gasteiger partial charge is 0.506 e. The van der Waals surface area contributed by atoms with Crippen molar-refractivity contribution in [1.82, 2.24) is 0 Å². The number of amides is 1. The second-order valence-electron chi connectivity index (χ2n) is 7.45. The molecule has 0 aliphatic carbocycles. The molecule has 6 nitrogen and oxygen atoms in total. The van der Waals surface area contributed by atoms with Gasteiger partial charge >= 0.3 is 12.4 Å². The Kier molecular flexibility index (Phi) is 6.43. The maximum Gasteiger partial charge on any atom is 0.411 e. The van der Waals surface area contributed by atoms with Gasteiger partial charge in [0.15, 0.2) is 0 Å². The number of anilines is 2. The lowest BCUT2D eigenvalue weighted by molar-refractivity contribution is -0.288. The van der Waals surface area contributed by atoms with Gasteiger partial charge in [-0.2, -0.15) is 26.3 Å². The van der Waals surface area contributed by atoms with E-state index in [2.05, 4.69) is 5.32 Å². The molecule has 1 amide bonds. The second kappa shape index (κ2) is 8.85. The van der Waals surface area contributed by atoms with E-state index in [-0.39, 0.29) is 11.1 Å². The van der Waals surface area contributed by atoms with Crippen molar-refractivity contribution < 1.29 is 46.1 Å². The van der Waals surface area contributed by atoms with Crippen molar-refractivity contribution in [2.45, 2.75) is 17.8 Å². The van der Waals surface area contributed by atoms with Crippen molar-refractivity contribution in [3.8, 4) is 11.5 Å². The average Bonchev–Trinajstić information content (AvgIpc) is 2.76. The van der Waals surface area contributed by atoms with E-state index in [0.717, 1.165) is 0 Å². The molecule has 0 saturated heterocycles. The number of nitrogen functional groups attached to an aromatic ring is 1. The minimum atomic E-state index is -5.96. The lowest BCUT2D eigenvalue weighted by Crippen LogP contribution is -2.54. The van der Waals surface area contributed by atoms with Crippen molar-refractivity contribution >= 4 is 23.6 Å². The van der Waals surface area contributed by atoms with Crippen LogP contribution in [0.4, 0.5) is 37.7 Å². The number of alkyl halides is 6. The molecule has 0 fully saturated rings. The van der Waals surface area contributed by atoms with Gasteiger partial charge in [-0.15, -0.1) is 0 Å². The van der Waals surface area contributed by atoms with E-state index in [1.54, 1.807) is 0 Å². The lowest BCUT2D eigenvalue weighted by atomic mass is 9.72. The van der Waals surface area contributed by atoms with Gasteiger partial charge in [-0.25, -0.2) is 0 Å². The maximum atomic E-state index is 14.3. The van der Waals surface area contributed by atoms with Crippen LogP contribution in [-0.4, -0.2) is 34.8 Å². The summed E-state index contributed by atoms with van der Waals surface area (Å²) < 4.78 is 85.8. The van der Waals surface area contributed by atoms with Crippen molar-refractivity contribution in [3.05, 3.63) is 82.9 Å². The Morgan fingerprint density at radius 1 is 0.800 bits per heavy atom. The van der Waals surface area contributed by atoms with Crippen LogP contribution in [-0.2, 0) is 5.41 Å². The van der Waals surface area contributed by atoms with Crippen LogP contribution in [0.25, 0.3) is 0 Å². The Balaban J connectivity index is 2.19. The summed E-state index contributed by atoms with van der Waals surface area (Å²) in [5.41, 5.74) is -3.24. The van der Waals surface area contributed by atoms with E-state index in [1.165, 1.54) is 24.3 Å². The van der Waals surface area contributed by atoms with Crippen LogP contribution in [0.1, 0.15) is 31.8 Å². The number of nitrogens with one attached hydrogen (secondary N) is 1. The van der Waals surface area contributed by atoms with E-state index >= 15 is 0 Å². The lowest BCUT2D eigenvalue weighted by Gasteiger charge is -2.38. The van der Waals surface area contributed by atoms with Gasteiger partial charge in [0.25, 0.3) is 5.91 Å². The highest BCUT2D eigenvalue weighted by molar-refractivity contribution is 6.05. The molecule has 3 rings (SSSR count). The molecule has 0 aliphatic heterocycles. The number of rotatable bonds is 5. The molecule has 0 heterocycles. The van der Waals surface area contributed by atoms with E-state index in [1.807, 2.05) is 0 Å². The monoisotopic (exact) mass is 498 g/mol. The minimum absolute atomic E-state index is 0.0791. The standard InChI is InChI=1S/C23H16F6N2O4/c24-22(25,26)21(23(27,28)29,14-5-7-18(33)16(30)9-14)15-6-8-19(34)17(10-15)31-20(35)13-3-1-12(11-32)2-4-13/h1-11,33-34H,30H2,(H,31,35). The third-order valence-electron chi connectivity index (χ3n) is 5.30. The fourth-order valence-corrected chi connectivity index (χ4v) is 3.55. The van der Waals surface area contributed by atoms with Crippen LogP contribution < -0.4 is 11.1 Å². The zero-order chi connectivity index (χ0) is 26.2. The Labute approximate surface area is 193 Å². The second-order valence-corrected chi connectivity index (χ2v) is 7.45. The Morgan fingerprint density at radius 3 is 1.80 bits per heavy atom. The van der Waals surface area contributed by atoms with Gasteiger partial charge in [0.2, 0.25) is 5.41 Å². The number of aromatic hydroxyl groups is 2. The predicted octanol–water partition coefficient (Wildman–Crippen LogP) is 5.16. The summed E-state index contributed by atoms with van der Waals surface area (Å²) in [4.78, 5) is 23.2. The van der Waals surface area contributed by atoms with E-state index in [0.29, 0.717) is 42.7 Å². The van der Waals surface area contributed by atoms with Crippen molar-refractivity contribution in [2.24, 2.45) is 0 Å². The molecule has 0 atom stereocenters.